The van der Waals surface area contributed by atoms with Gasteiger partial charge >= 0.3 is 0 Å². The molecule has 0 fully saturated rings. The maximum absolute atomic E-state index is 11.7. The predicted octanol–water partition coefficient (Wildman–Crippen LogP) is 0.515. The molecule has 1 amide bonds. The number of halogens is 1. The van der Waals surface area contributed by atoms with Gasteiger partial charge in [-0.15, -0.1) is 12.4 Å². The van der Waals surface area contributed by atoms with Gasteiger partial charge in [0.15, 0.2) is 0 Å². The third-order valence-corrected chi connectivity index (χ3v) is 2.81. The van der Waals surface area contributed by atoms with E-state index < -0.39 is 0 Å². The van der Waals surface area contributed by atoms with Crippen LogP contribution in [0.15, 0.2) is 30.3 Å². The normalized spacial score (nSPS) is 10.2. The maximum atomic E-state index is 11.7. The molecule has 0 unspecified atom stereocenters. The summed E-state index contributed by atoms with van der Waals surface area (Å²) >= 11 is 0. The Hall–Kier alpha value is -1.14. The van der Waals surface area contributed by atoms with Gasteiger partial charge in [-0.05, 0) is 25.1 Å². The van der Waals surface area contributed by atoms with Crippen molar-refractivity contribution >= 4 is 18.3 Å². The first kappa shape index (κ1) is 18.9. The summed E-state index contributed by atoms with van der Waals surface area (Å²) in [5.41, 5.74) is 0.657. The zero-order valence-electron chi connectivity index (χ0n) is 11.5. The molecule has 0 aliphatic carbocycles. The molecule has 1 aromatic rings. The van der Waals surface area contributed by atoms with Crippen LogP contribution in [0.25, 0.3) is 0 Å². The second kappa shape index (κ2) is 11.7. The first-order valence-corrected chi connectivity index (χ1v) is 6.55. The molecule has 0 saturated carbocycles. The van der Waals surface area contributed by atoms with Crippen molar-refractivity contribution in [2.75, 3.05) is 39.4 Å². The fraction of sp³-hybridized carbons (Fsp3) is 0.500. The number of aliphatic hydroxyl groups is 2. The van der Waals surface area contributed by atoms with Crippen molar-refractivity contribution in [3.05, 3.63) is 35.9 Å². The first-order chi connectivity index (χ1) is 9.27. The molecule has 0 heterocycles. The Kier molecular flexibility index (Phi) is 11.0. The Morgan fingerprint density at radius 2 is 1.65 bits per heavy atom. The Balaban J connectivity index is 0.00000361. The molecule has 0 saturated heterocycles. The number of hydrogen-bond acceptors (Lipinski definition) is 4. The van der Waals surface area contributed by atoms with Crippen LogP contribution in [-0.2, 0) is 0 Å². The number of hydrogen-bond donors (Lipinski definition) is 3. The highest BCUT2D eigenvalue weighted by molar-refractivity contribution is 5.94. The predicted molar refractivity (Wildman–Crippen MR) is 81.3 cm³/mol. The second-order valence-corrected chi connectivity index (χ2v) is 4.26. The van der Waals surface area contributed by atoms with Crippen molar-refractivity contribution in [2.24, 2.45) is 0 Å². The van der Waals surface area contributed by atoms with Crippen LogP contribution >= 0.6 is 12.4 Å². The number of nitrogens with zero attached hydrogens (tertiary/aromatic N) is 1. The Morgan fingerprint density at radius 1 is 1.05 bits per heavy atom. The first-order valence-electron chi connectivity index (χ1n) is 6.55. The molecule has 1 aromatic carbocycles. The summed E-state index contributed by atoms with van der Waals surface area (Å²) < 4.78 is 0. The Bertz CT molecular complexity index is 357. The molecule has 0 spiro atoms. The van der Waals surface area contributed by atoms with Gasteiger partial charge in [0.2, 0.25) is 0 Å². The van der Waals surface area contributed by atoms with Crippen molar-refractivity contribution in [3.63, 3.8) is 0 Å². The summed E-state index contributed by atoms with van der Waals surface area (Å²) in [6, 6.07) is 9.09. The zero-order valence-corrected chi connectivity index (χ0v) is 12.3. The fourth-order valence-electron chi connectivity index (χ4n) is 1.81. The van der Waals surface area contributed by atoms with Gasteiger partial charge in [0.1, 0.15) is 0 Å². The smallest absolute Gasteiger partial charge is 0.251 e. The van der Waals surface area contributed by atoms with Gasteiger partial charge in [0, 0.05) is 25.2 Å². The van der Waals surface area contributed by atoms with E-state index in [0.717, 1.165) is 13.0 Å². The van der Waals surface area contributed by atoms with E-state index in [-0.39, 0.29) is 31.5 Å². The molecular weight excluding hydrogens is 280 g/mol. The highest BCUT2D eigenvalue weighted by atomic mass is 35.5. The van der Waals surface area contributed by atoms with Crippen molar-refractivity contribution in [2.45, 2.75) is 6.42 Å². The SMILES string of the molecule is Cl.O=C(NCCCN(CCO)CCO)c1ccccc1. The summed E-state index contributed by atoms with van der Waals surface area (Å²) in [5, 5.41) is 20.6. The fourth-order valence-corrected chi connectivity index (χ4v) is 1.81. The Morgan fingerprint density at radius 3 is 2.20 bits per heavy atom. The monoisotopic (exact) mass is 302 g/mol. The van der Waals surface area contributed by atoms with E-state index in [9.17, 15) is 4.79 Å². The molecule has 6 heteroatoms. The number of carbonyl (C=O) groups is 1. The van der Waals surface area contributed by atoms with E-state index in [1.54, 1.807) is 12.1 Å². The minimum atomic E-state index is -0.0727. The quantitative estimate of drug-likeness (QED) is 0.581. The van der Waals surface area contributed by atoms with E-state index in [4.69, 9.17) is 10.2 Å². The second-order valence-electron chi connectivity index (χ2n) is 4.26. The molecule has 0 bridgehead atoms. The molecule has 3 N–H and O–H groups in total. The van der Waals surface area contributed by atoms with Crippen LogP contribution in [-0.4, -0.2) is 60.4 Å². The Labute approximate surface area is 126 Å². The lowest BCUT2D eigenvalue weighted by molar-refractivity contribution is 0.0949. The van der Waals surface area contributed by atoms with Gasteiger partial charge in [-0.2, -0.15) is 0 Å². The van der Waals surface area contributed by atoms with E-state index in [1.165, 1.54) is 0 Å². The van der Waals surface area contributed by atoms with Crippen molar-refractivity contribution in [1.29, 1.82) is 0 Å². The van der Waals surface area contributed by atoms with Gasteiger partial charge in [-0.25, -0.2) is 0 Å². The van der Waals surface area contributed by atoms with Crippen LogP contribution in [0.3, 0.4) is 0 Å². The van der Waals surface area contributed by atoms with E-state index in [0.29, 0.717) is 25.2 Å². The number of nitrogens with one attached hydrogen (secondary N) is 1. The summed E-state index contributed by atoms with van der Waals surface area (Å²) in [5.74, 6) is -0.0727. The van der Waals surface area contributed by atoms with Gasteiger partial charge < -0.3 is 15.5 Å². The van der Waals surface area contributed by atoms with Gasteiger partial charge in [0.25, 0.3) is 5.91 Å². The largest absolute Gasteiger partial charge is 0.395 e. The summed E-state index contributed by atoms with van der Waals surface area (Å²) in [4.78, 5) is 13.7. The molecule has 0 aliphatic heterocycles. The number of amides is 1. The third-order valence-electron chi connectivity index (χ3n) is 2.81. The molecule has 0 aliphatic rings. The minimum Gasteiger partial charge on any atom is -0.395 e. The van der Waals surface area contributed by atoms with Crippen molar-refractivity contribution in [3.8, 4) is 0 Å². The summed E-state index contributed by atoms with van der Waals surface area (Å²) in [7, 11) is 0. The van der Waals surface area contributed by atoms with E-state index >= 15 is 0 Å². The van der Waals surface area contributed by atoms with Crippen LogP contribution in [0.5, 0.6) is 0 Å². The highest BCUT2D eigenvalue weighted by Crippen LogP contribution is 1.98. The molecule has 1 rings (SSSR count). The average molecular weight is 303 g/mol. The minimum absolute atomic E-state index is 0. The van der Waals surface area contributed by atoms with Crippen LogP contribution in [0.4, 0.5) is 0 Å². The third kappa shape index (κ3) is 7.45. The average Bonchev–Trinajstić information content (AvgIpc) is 2.44. The molecule has 5 nitrogen and oxygen atoms in total. The lowest BCUT2D eigenvalue weighted by Crippen LogP contribution is -2.33. The maximum Gasteiger partial charge on any atom is 0.251 e. The molecule has 0 radical (unpaired) electrons. The van der Waals surface area contributed by atoms with E-state index in [1.807, 2.05) is 23.1 Å². The van der Waals surface area contributed by atoms with Crippen LogP contribution < -0.4 is 5.32 Å². The zero-order chi connectivity index (χ0) is 13.9. The van der Waals surface area contributed by atoms with Gasteiger partial charge in [-0.3, -0.25) is 9.69 Å². The number of benzene rings is 1. The van der Waals surface area contributed by atoms with Crippen molar-refractivity contribution in [1.82, 2.24) is 10.2 Å². The van der Waals surface area contributed by atoms with Gasteiger partial charge in [-0.1, -0.05) is 18.2 Å². The molecule has 20 heavy (non-hydrogen) atoms. The molecule has 114 valence electrons. The lowest BCUT2D eigenvalue weighted by atomic mass is 10.2. The number of carbonyl (C=O) groups excluding carboxylic acids is 1. The topological polar surface area (TPSA) is 72.8 Å². The lowest BCUT2D eigenvalue weighted by Gasteiger charge is -2.19. The standard InChI is InChI=1S/C14H22N2O3.ClH/c17-11-9-16(10-12-18)8-4-7-15-14(19)13-5-2-1-3-6-13;/h1-3,5-6,17-18H,4,7-12H2,(H,15,19);1H. The number of aliphatic hydroxyl groups excluding tert-OH is 2. The molecule has 0 atom stereocenters. The van der Waals surface area contributed by atoms with Gasteiger partial charge in [0.05, 0.1) is 13.2 Å². The molecule has 0 aromatic heterocycles. The highest BCUT2D eigenvalue weighted by Gasteiger charge is 2.05. The number of rotatable bonds is 9. The van der Waals surface area contributed by atoms with Crippen LogP contribution in [0.1, 0.15) is 16.8 Å². The van der Waals surface area contributed by atoms with Crippen LogP contribution in [0, 0.1) is 0 Å². The van der Waals surface area contributed by atoms with Crippen LogP contribution in [0.2, 0.25) is 0 Å². The van der Waals surface area contributed by atoms with Crippen molar-refractivity contribution < 1.29 is 15.0 Å². The summed E-state index contributed by atoms with van der Waals surface area (Å²) in [6.07, 6.45) is 0.790. The van der Waals surface area contributed by atoms with E-state index in [2.05, 4.69) is 5.32 Å². The summed E-state index contributed by atoms with van der Waals surface area (Å²) in [6.45, 7) is 2.59. The molecular formula is C14H23ClN2O3.